The van der Waals surface area contributed by atoms with Gasteiger partial charge in [0.15, 0.2) is 0 Å². The van der Waals surface area contributed by atoms with Crippen LogP contribution in [-0.4, -0.2) is 13.2 Å². The molecular formula is C12H16ClNO2. The largest absolute Gasteiger partial charge is 0.496 e. The van der Waals surface area contributed by atoms with Crippen LogP contribution in [0.3, 0.4) is 0 Å². The number of rotatable bonds is 3. The Balaban J connectivity index is 0.00000128. The molecule has 0 radical (unpaired) electrons. The number of hydrogen-bond donors (Lipinski definition) is 1. The van der Waals surface area contributed by atoms with Crippen LogP contribution < -0.4 is 10.5 Å². The molecule has 1 heterocycles. The Morgan fingerprint density at radius 2 is 2.19 bits per heavy atom. The molecule has 0 aliphatic rings. The highest BCUT2D eigenvalue weighted by atomic mass is 35.5. The van der Waals surface area contributed by atoms with Gasteiger partial charge >= 0.3 is 0 Å². The van der Waals surface area contributed by atoms with Crippen LogP contribution in [0.1, 0.15) is 12.5 Å². The summed E-state index contributed by atoms with van der Waals surface area (Å²) >= 11 is 0. The standard InChI is InChI=1S/C12H15NO2.ClH/c1-8(13)5-10-6-9-3-4-15-12(9)7-11(10)14-2;/h3-4,6-8H,5,13H2,1-2H3;1H. The molecule has 1 aromatic heterocycles. The minimum Gasteiger partial charge on any atom is -0.496 e. The maximum absolute atomic E-state index is 5.79. The zero-order chi connectivity index (χ0) is 10.8. The summed E-state index contributed by atoms with van der Waals surface area (Å²) in [5, 5.41) is 1.09. The molecule has 1 aromatic carbocycles. The van der Waals surface area contributed by atoms with Crippen LogP contribution >= 0.6 is 12.4 Å². The minimum atomic E-state index is 0. The molecule has 0 saturated heterocycles. The van der Waals surface area contributed by atoms with Crippen LogP contribution in [0.15, 0.2) is 28.9 Å². The van der Waals surface area contributed by atoms with Crippen molar-refractivity contribution < 1.29 is 9.15 Å². The van der Waals surface area contributed by atoms with Crippen molar-refractivity contribution in [2.75, 3.05) is 7.11 Å². The van der Waals surface area contributed by atoms with Crippen molar-refractivity contribution in [3.63, 3.8) is 0 Å². The van der Waals surface area contributed by atoms with Crippen LogP contribution in [0.4, 0.5) is 0 Å². The Labute approximate surface area is 101 Å². The highest BCUT2D eigenvalue weighted by Gasteiger charge is 2.08. The number of fused-ring (bicyclic) bond motifs is 1. The van der Waals surface area contributed by atoms with Crippen molar-refractivity contribution in [2.24, 2.45) is 5.73 Å². The number of hydrogen-bond acceptors (Lipinski definition) is 3. The van der Waals surface area contributed by atoms with E-state index in [2.05, 4.69) is 6.07 Å². The van der Waals surface area contributed by atoms with Crippen molar-refractivity contribution in [3.8, 4) is 5.75 Å². The van der Waals surface area contributed by atoms with E-state index < -0.39 is 0 Å². The molecular weight excluding hydrogens is 226 g/mol. The summed E-state index contributed by atoms with van der Waals surface area (Å²) in [6, 6.07) is 6.05. The molecule has 0 aliphatic carbocycles. The van der Waals surface area contributed by atoms with E-state index in [0.29, 0.717) is 0 Å². The Morgan fingerprint density at radius 1 is 1.44 bits per heavy atom. The van der Waals surface area contributed by atoms with Gasteiger partial charge in [-0.1, -0.05) is 0 Å². The number of ether oxygens (including phenoxy) is 1. The lowest BCUT2D eigenvalue weighted by Crippen LogP contribution is -2.18. The molecule has 0 fully saturated rings. The van der Waals surface area contributed by atoms with Gasteiger partial charge in [0.25, 0.3) is 0 Å². The summed E-state index contributed by atoms with van der Waals surface area (Å²) in [5.41, 5.74) is 7.76. The Morgan fingerprint density at radius 3 is 2.81 bits per heavy atom. The van der Waals surface area contributed by atoms with Crippen molar-refractivity contribution in [1.29, 1.82) is 0 Å². The average molecular weight is 242 g/mol. The van der Waals surface area contributed by atoms with Gasteiger partial charge in [0.2, 0.25) is 0 Å². The second-order valence-electron chi connectivity index (χ2n) is 3.80. The fraction of sp³-hybridized carbons (Fsp3) is 0.333. The van der Waals surface area contributed by atoms with Crippen molar-refractivity contribution >= 4 is 23.4 Å². The van der Waals surface area contributed by atoms with Crippen LogP contribution in [-0.2, 0) is 6.42 Å². The molecule has 4 heteroatoms. The number of nitrogens with two attached hydrogens (primary N) is 1. The molecule has 0 saturated carbocycles. The van der Waals surface area contributed by atoms with E-state index in [0.717, 1.165) is 28.7 Å². The Hall–Kier alpha value is -1.19. The first-order valence-corrected chi connectivity index (χ1v) is 5.00. The summed E-state index contributed by atoms with van der Waals surface area (Å²) in [5.74, 6) is 0.842. The van der Waals surface area contributed by atoms with Crippen molar-refractivity contribution in [1.82, 2.24) is 0 Å². The van der Waals surface area contributed by atoms with E-state index in [1.807, 2.05) is 19.1 Å². The van der Waals surface area contributed by atoms with Gasteiger partial charge in [-0.2, -0.15) is 0 Å². The molecule has 1 atom stereocenters. The first-order valence-electron chi connectivity index (χ1n) is 5.00. The summed E-state index contributed by atoms with van der Waals surface area (Å²) in [7, 11) is 1.66. The quantitative estimate of drug-likeness (QED) is 0.899. The Bertz CT molecular complexity index is 465. The van der Waals surface area contributed by atoms with Crippen molar-refractivity contribution in [2.45, 2.75) is 19.4 Å². The molecule has 16 heavy (non-hydrogen) atoms. The fourth-order valence-corrected chi connectivity index (χ4v) is 1.73. The highest BCUT2D eigenvalue weighted by molar-refractivity contribution is 5.85. The second kappa shape index (κ2) is 5.23. The monoisotopic (exact) mass is 241 g/mol. The number of furan rings is 1. The predicted octanol–water partition coefficient (Wildman–Crippen LogP) is 2.75. The van der Waals surface area contributed by atoms with Gasteiger partial charge in [0.1, 0.15) is 11.3 Å². The molecule has 3 nitrogen and oxygen atoms in total. The molecule has 2 N–H and O–H groups in total. The van der Waals surface area contributed by atoms with E-state index in [1.54, 1.807) is 13.4 Å². The lowest BCUT2D eigenvalue weighted by molar-refractivity contribution is 0.408. The van der Waals surface area contributed by atoms with Crippen LogP contribution in [0.5, 0.6) is 5.75 Å². The average Bonchev–Trinajstić information content (AvgIpc) is 2.62. The van der Waals surface area contributed by atoms with Crippen LogP contribution in [0.2, 0.25) is 0 Å². The number of methoxy groups -OCH3 is 1. The third-order valence-electron chi connectivity index (χ3n) is 2.40. The third kappa shape index (κ3) is 2.49. The molecule has 2 aromatic rings. The molecule has 0 bridgehead atoms. The SMILES string of the molecule is COc1cc2occc2cc1CC(C)N.Cl. The molecule has 1 unspecified atom stereocenters. The maximum atomic E-state index is 5.79. The minimum absolute atomic E-state index is 0. The molecule has 0 aliphatic heterocycles. The van der Waals surface area contributed by atoms with E-state index in [9.17, 15) is 0 Å². The first kappa shape index (κ1) is 12.9. The number of benzene rings is 1. The van der Waals surface area contributed by atoms with Gasteiger partial charge in [-0.25, -0.2) is 0 Å². The van der Waals surface area contributed by atoms with E-state index >= 15 is 0 Å². The zero-order valence-corrected chi connectivity index (χ0v) is 10.2. The summed E-state index contributed by atoms with van der Waals surface area (Å²) in [6.07, 6.45) is 2.49. The molecule has 0 amide bonds. The molecule has 2 rings (SSSR count). The highest BCUT2D eigenvalue weighted by Crippen LogP contribution is 2.27. The lowest BCUT2D eigenvalue weighted by Gasteiger charge is -2.10. The normalized spacial score (nSPS) is 12.2. The first-order chi connectivity index (χ1) is 7.20. The van der Waals surface area contributed by atoms with Crippen molar-refractivity contribution in [3.05, 3.63) is 30.0 Å². The molecule has 88 valence electrons. The van der Waals surface area contributed by atoms with Gasteiger partial charge in [-0.3, -0.25) is 0 Å². The summed E-state index contributed by atoms with van der Waals surface area (Å²) < 4.78 is 10.6. The van der Waals surface area contributed by atoms with E-state index in [1.165, 1.54) is 0 Å². The summed E-state index contributed by atoms with van der Waals surface area (Å²) in [4.78, 5) is 0. The Kier molecular flexibility index (Phi) is 4.21. The maximum Gasteiger partial charge on any atom is 0.137 e. The second-order valence-corrected chi connectivity index (χ2v) is 3.80. The van der Waals surface area contributed by atoms with Gasteiger partial charge in [0.05, 0.1) is 13.4 Å². The smallest absolute Gasteiger partial charge is 0.137 e. The van der Waals surface area contributed by atoms with Gasteiger partial charge in [0, 0.05) is 17.5 Å². The molecule has 0 spiro atoms. The lowest BCUT2D eigenvalue weighted by atomic mass is 10.0. The zero-order valence-electron chi connectivity index (χ0n) is 9.40. The van der Waals surface area contributed by atoms with Gasteiger partial charge in [-0.05, 0) is 31.0 Å². The third-order valence-corrected chi connectivity index (χ3v) is 2.40. The van der Waals surface area contributed by atoms with Gasteiger partial charge < -0.3 is 14.9 Å². The van der Waals surface area contributed by atoms with Crippen LogP contribution in [0, 0.1) is 0 Å². The summed E-state index contributed by atoms with van der Waals surface area (Å²) in [6.45, 7) is 1.99. The topological polar surface area (TPSA) is 48.4 Å². The van der Waals surface area contributed by atoms with Crippen LogP contribution in [0.25, 0.3) is 11.0 Å². The fourth-order valence-electron chi connectivity index (χ4n) is 1.73. The predicted molar refractivity (Wildman–Crippen MR) is 67.4 cm³/mol. The van der Waals surface area contributed by atoms with E-state index in [-0.39, 0.29) is 18.4 Å². The number of halogens is 1. The van der Waals surface area contributed by atoms with Gasteiger partial charge in [-0.15, -0.1) is 12.4 Å². The van der Waals surface area contributed by atoms with E-state index in [4.69, 9.17) is 14.9 Å².